The van der Waals surface area contributed by atoms with E-state index < -0.39 is 0 Å². The summed E-state index contributed by atoms with van der Waals surface area (Å²) in [4.78, 5) is 31.4. The minimum atomic E-state index is -0.376. The Hall–Kier alpha value is -2.98. The number of aryl methyl sites for hydroxylation is 3. The number of fused-ring (bicyclic) bond motifs is 1. The van der Waals surface area contributed by atoms with Crippen LogP contribution in [0, 0.1) is 32.1 Å². The highest BCUT2D eigenvalue weighted by molar-refractivity contribution is 7.18. The molecule has 1 N–H and O–H groups in total. The Morgan fingerprint density at radius 1 is 1.32 bits per heavy atom. The lowest BCUT2D eigenvalue weighted by atomic mass is 10.2. The summed E-state index contributed by atoms with van der Waals surface area (Å²) in [5.41, 5.74) is 1.49. The second kappa shape index (κ2) is 6.49. The van der Waals surface area contributed by atoms with Crippen molar-refractivity contribution in [2.75, 3.05) is 5.32 Å². The third-order valence-electron chi connectivity index (χ3n) is 4.10. The van der Waals surface area contributed by atoms with Crippen molar-refractivity contribution in [3.8, 4) is 6.07 Å². The van der Waals surface area contributed by atoms with E-state index in [-0.39, 0.29) is 18.0 Å². The zero-order chi connectivity index (χ0) is 18.1. The van der Waals surface area contributed by atoms with Crippen LogP contribution in [0.5, 0.6) is 0 Å². The molecule has 1 aromatic carbocycles. The number of amides is 1. The highest BCUT2D eigenvalue weighted by Gasteiger charge is 2.16. The molecule has 0 bridgehead atoms. The number of nitriles is 1. The van der Waals surface area contributed by atoms with Gasteiger partial charge in [0.15, 0.2) is 0 Å². The summed E-state index contributed by atoms with van der Waals surface area (Å²) in [6.45, 7) is 5.40. The molecule has 0 aliphatic carbocycles. The number of anilines is 1. The second-order valence-corrected chi connectivity index (χ2v) is 6.92. The number of carbonyl (C=O) groups is 1. The first-order valence-electron chi connectivity index (χ1n) is 7.68. The van der Waals surface area contributed by atoms with Gasteiger partial charge < -0.3 is 5.32 Å². The summed E-state index contributed by atoms with van der Waals surface area (Å²) in [5, 5.41) is 12.3. The molecule has 0 aliphatic rings. The third kappa shape index (κ3) is 3.04. The standard InChI is InChI=1S/C18H16N4O2S/c1-10-11(2)25-17-16(10)18(24)22(12(3)20-17)9-15(23)21-14-7-5-4-6-13(14)8-19/h4-7H,9H2,1-3H3,(H,21,23). The van der Waals surface area contributed by atoms with Gasteiger partial charge in [-0.1, -0.05) is 12.1 Å². The highest BCUT2D eigenvalue weighted by atomic mass is 32.1. The maximum absolute atomic E-state index is 12.8. The molecular weight excluding hydrogens is 336 g/mol. The van der Waals surface area contributed by atoms with Crippen LogP contribution < -0.4 is 10.9 Å². The molecule has 0 unspecified atom stereocenters. The molecule has 0 saturated carbocycles. The van der Waals surface area contributed by atoms with Gasteiger partial charge in [-0.3, -0.25) is 14.2 Å². The second-order valence-electron chi connectivity index (χ2n) is 5.72. The Morgan fingerprint density at radius 2 is 2.04 bits per heavy atom. The predicted molar refractivity (Wildman–Crippen MR) is 97.9 cm³/mol. The number of nitrogens with zero attached hydrogens (tertiary/aromatic N) is 3. The maximum Gasteiger partial charge on any atom is 0.263 e. The highest BCUT2D eigenvalue weighted by Crippen LogP contribution is 2.26. The van der Waals surface area contributed by atoms with Gasteiger partial charge in [0.25, 0.3) is 5.56 Å². The smallest absolute Gasteiger partial charge is 0.263 e. The summed E-state index contributed by atoms with van der Waals surface area (Å²) >= 11 is 1.48. The van der Waals surface area contributed by atoms with Crippen LogP contribution in [-0.2, 0) is 11.3 Å². The number of nitrogens with one attached hydrogen (secondary N) is 1. The molecule has 126 valence electrons. The van der Waals surface area contributed by atoms with Crippen molar-refractivity contribution in [3.63, 3.8) is 0 Å². The van der Waals surface area contributed by atoms with Crippen LogP contribution in [-0.4, -0.2) is 15.5 Å². The van der Waals surface area contributed by atoms with E-state index in [4.69, 9.17) is 5.26 Å². The van der Waals surface area contributed by atoms with Crippen molar-refractivity contribution < 1.29 is 4.79 Å². The van der Waals surface area contributed by atoms with Crippen molar-refractivity contribution in [1.29, 1.82) is 5.26 Å². The van der Waals surface area contributed by atoms with Gasteiger partial charge >= 0.3 is 0 Å². The van der Waals surface area contributed by atoms with Crippen molar-refractivity contribution in [2.45, 2.75) is 27.3 Å². The zero-order valence-electron chi connectivity index (χ0n) is 14.1. The van der Waals surface area contributed by atoms with Crippen LogP contribution in [0.4, 0.5) is 5.69 Å². The van der Waals surface area contributed by atoms with E-state index in [1.807, 2.05) is 19.9 Å². The Kier molecular flexibility index (Phi) is 4.38. The van der Waals surface area contributed by atoms with Crippen LogP contribution in [0.2, 0.25) is 0 Å². The lowest BCUT2D eigenvalue weighted by Gasteiger charge is -2.11. The van der Waals surface area contributed by atoms with Crippen molar-refractivity contribution in [1.82, 2.24) is 9.55 Å². The Bertz CT molecular complexity index is 1090. The summed E-state index contributed by atoms with van der Waals surface area (Å²) in [6, 6.07) is 8.76. The molecule has 2 heterocycles. The van der Waals surface area contributed by atoms with Gasteiger partial charge in [-0.25, -0.2) is 4.98 Å². The summed E-state index contributed by atoms with van der Waals surface area (Å²) in [6.07, 6.45) is 0. The lowest BCUT2D eigenvalue weighted by Crippen LogP contribution is -2.30. The van der Waals surface area contributed by atoms with Gasteiger partial charge in [0.05, 0.1) is 16.6 Å². The molecule has 0 spiro atoms. The lowest BCUT2D eigenvalue weighted by molar-refractivity contribution is -0.116. The monoisotopic (exact) mass is 352 g/mol. The van der Waals surface area contributed by atoms with Crippen molar-refractivity contribution >= 4 is 33.1 Å². The molecule has 3 rings (SSSR count). The third-order valence-corrected chi connectivity index (χ3v) is 5.20. The molecule has 2 aromatic heterocycles. The van der Waals surface area contributed by atoms with E-state index in [0.717, 1.165) is 10.4 Å². The average molecular weight is 352 g/mol. The van der Waals surface area contributed by atoms with E-state index in [1.54, 1.807) is 31.2 Å². The summed E-state index contributed by atoms with van der Waals surface area (Å²) in [7, 11) is 0. The van der Waals surface area contributed by atoms with Crippen LogP contribution in [0.25, 0.3) is 10.2 Å². The molecule has 0 radical (unpaired) electrons. The van der Waals surface area contributed by atoms with Gasteiger partial charge in [-0.2, -0.15) is 5.26 Å². The topological polar surface area (TPSA) is 87.8 Å². The fraction of sp³-hybridized carbons (Fsp3) is 0.222. The summed E-state index contributed by atoms with van der Waals surface area (Å²) in [5.74, 6) is 0.112. The van der Waals surface area contributed by atoms with Crippen LogP contribution in [0.1, 0.15) is 21.8 Å². The Morgan fingerprint density at radius 3 is 2.76 bits per heavy atom. The van der Waals surface area contributed by atoms with Gasteiger partial charge in [-0.05, 0) is 38.5 Å². The molecular formula is C18H16N4O2S. The van der Waals surface area contributed by atoms with E-state index in [9.17, 15) is 9.59 Å². The molecule has 0 atom stereocenters. The molecule has 0 aliphatic heterocycles. The molecule has 25 heavy (non-hydrogen) atoms. The first kappa shape index (κ1) is 16.9. The van der Waals surface area contributed by atoms with E-state index in [1.165, 1.54) is 15.9 Å². The summed E-state index contributed by atoms with van der Waals surface area (Å²) < 4.78 is 1.37. The number of hydrogen-bond acceptors (Lipinski definition) is 5. The van der Waals surface area contributed by atoms with E-state index in [2.05, 4.69) is 10.3 Å². The van der Waals surface area contributed by atoms with Gasteiger partial charge in [0, 0.05) is 4.88 Å². The zero-order valence-corrected chi connectivity index (χ0v) is 14.9. The average Bonchev–Trinajstić information content (AvgIpc) is 2.86. The SMILES string of the molecule is Cc1sc2nc(C)n(CC(=O)Nc3ccccc3C#N)c(=O)c2c1C. The first-order valence-corrected chi connectivity index (χ1v) is 8.50. The fourth-order valence-electron chi connectivity index (χ4n) is 2.64. The number of para-hydroxylation sites is 1. The predicted octanol–water partition coefficient (Wildman–Crippen LogP) is 2.89. The molecule has 6 nitrogen and oxygen atoms in total. The van der Waals surface area contributed by atoms with Gasteiger partial charge in [0.1, 0.15) is 23.3 Å². The number of carbonyl (C=O) groups excluding carboxylic acids is 1. The van der Waals surface area contributed by atoms with Crippen molar-refractivity contribution in [3.05, 3.63) is 56.4 Å². The normalized spacial score (nSPS) is 10.6. The van der Waals surface area contributed by atoms with Crippen LogP contribution in [0.15, 0.2) is 29.1 Å². The molecule has 3 aromatic rings. The quantitative estimate of drug-likeness (QED) is 0.785. The maximum atomic E-state index is 12.8. The number of hydrogen-bond donors (Lipinski definition) is 1. The Labute approximate surface area is 148 Å². The van der Waals surface area contributed by atoms with E-state index in [0.29, 0.717) is 27.3 Å². The minimum absolute atomic E-state index is 0.151. The molecule has 7 heteroatoms. The number of benzene rings is 1. The molecule has 0 saturated heterocycles. The fourth-order valence-corrected chi connectivity index (χ4v) is 3.70. The minimum Gasteiger partial charge on any atom is -0.323 e. The van der Waals surface area contributed by atoms with E-state index >= 15 is 0 Å². The van der Waals surface area contributed by atoms with Crippen molar-refractivity contribution in [2.24, 2.45) is 0 Å². The molecule has 0 fully saturated rings. The number of rotatable bonds is 3. The largest absolute Gasteiger partial charge is 0.323 e. The Balaban J connectivity index is 1.95. The van der Waals surface area contributed by atoms with Crippen LogP contribution in [0.3, 0.4) is 0 Å². The molecule has 1 amide bonds. The number of thiophene rings is 1. The first-order chi connectivity index (χ1) is 11.9. The number of aromatic nitrogens is 2. The van der Waals surface area contributed by atoms with Gasteiger partial charge in [0.2, 0.25) is 5.91 Å². The van der Waals surface area contributed by atoms with Crippen LogP contribution >= 0.6 is 11.3 Å². The van der Waals surface area contributed by atoms with Gasteiger partial charge in [-0.15, -0.1) is 11.3 Å².